The summed E-state index contributed by atoms with van der Waals surface area (Å²) in [5, 5.41) is 5.67. The van der Waals surface area contributed by atoms with Gasteiger partial charge in [0, 0.05) is 34.9 Å². The van der Waals surface area contributed by atoms with E-state index in [4.69, 9.17) is 0 Å². The number of urea groups is 1. The van der Waals surface area contributed by atoms with Crippen LogP contribution < -0.4 is 10.6 Å². The second kappa shape index (κ2) is 7.95. The summed E-state index contributed by atoms with van der Waals surface area (Å²) in [6, 6.07) is -0.0174. The van der Waals surface area contributed by atoms with Gasteiger partial charge in [-0.05, 0) is 24.3 Å². The predicted octanol–water partition coefficient (Wildman–Crippen LogP) is 0.950. The van der Waals surface area contributed by atoms with Gasteiger partial charge in [-0.15, -0.1) is 0 Å². The molecule has 1 aliphatic heterocycles. The van der Waals surface area contributed by atoms with Gasteiger partial charge in [0.2, 0.25) is 0 Å². The highest BCUT2D eigenvalue weighted by Crippen LogP contribution is 2.06. The Morgan fingerprint density at radius 2 is 2.38 bits per heavy atom. The van der Waals surface area contributed by atoms with Crippen LogP contribution in [0.15, 0.2) is 0 Å². The fraction of sp³-hybridized carbons (Fsp3) is 0.900. The summed E-state index contributed by atoms with van der Waals surface area (Å²) < 4.78 is 11.1. The molecule has 0 aliphatic carbocycles. The van der Waals surface area contributed by atoms with Gasteiger partial charge in [-0.3, -0.25) is 4.21 Å². The lowest BCUT2D eigenvalue weighted by Crippen LogP contribution is -2.42. The highest BCUT2D eigenvalue weighted by Gasteiger charge is 2.22. The number of amides is 2. The first kappa shape index (κ1) is 13.8. The van der Waals surface area contributed by atoms with Crippen LogP contribution in [0, 0.1) is 0 Å². The third kappa shape index (κ3) is 5.75. The van der Waals surface area contributed by atoms with Crippen LogP contribution >= 0.6 is 11.8 Å². The molecule has 0 bridgehead atoms. The third-order valence-corrected chi connectivity index (χ3v) is 4.82. The van der Waals surface area contributed by atoms with Crippen LogP contribution in [0.4, 0.5) is 4.79 Å². The molecule has 1 heterocycles. The quantitative estimate of drug-likeness (QED) is 0.702. The fourth-order valence-electron chi connectivity index (χ4n) is 1.54. The van der Waals surface area contributed by atoms with Crippen molar-refractivity contribution < 1.29 is 9.00 Å². The molecule has 0 saturated carbocycles. The second-order valence-corrected chi connectivity index (χ2v) is 6.76. The summed E-state index contributed by atoms with van der Waals surface area (Å²) in [4.78, 5) is 11.4. The maximum Gasteiger partial charge on any atom is 0.315 e. The summed E-state index contributed by atoms with van der Waals surface area (Å²) in [5.41, 5.74) is 0. The van der Waals surface area contributed by atoms with Gasteiger partial charge in [0.1, 0.15) is 0 Å². The number of thioether (sulfide) groups is 1. The van der Waals surface area contributed by atoms with Crippen molar-refractivity contribution in [3.05, 3.63) is 0 Å². The van der Waals surface area contributed by atoms with Crippen molar-refractivity contribution in [1.29, 1.82) is 0 Å². The van der Waals surface area contributed by atoms with Gasteiger partial charge in [0.25, 0.3) is 0 Å². The van der Waals surface area contributed by atoms with Gasteiger partial charge >= 0.3 is 6.03 Å². The lowest BCUT2D eigenvalue weighted by Gasteiger charge is -2.11. The van der Waals surface area contributed by atoms with Gasteiger partial charge in [0.15, 0.2) is 0 Å². The van der Waals surface area contributed by atoms with Gasteiger partial charge in [-0.2, -0.15) is 11.8 Å². The Labute approximate surface area is 104 Å². The maximum absolute atomic E-state index is 11.4. The molecule has 0 radical (unpaired) electrons. The second-order valence-electron chi connectivity index (χ2n) is 3.75. The molecule has 0 unspecified atom stereocenters. The molecule has 0 aromatic heterocycles. The first-order valence-electron chi connectivity index (χ1n) is 5.69. The van der Waals surface area contributed by atoms with Crippen LogP contribution in [0.25, 0.3) is 0 Å². The minimum absolute atomic E-state index is 0.103. The van der Waals surface area contributed by atoms with Gasteiger partial charge in [-0.1, -0.05) is 6.92 Å². The zero-order chi connectivity index (χ0) is 11.8. The minimum atomic E-state index is -0.725. The van der Waals surface area contributed by atoms with E-state index in [1.807, 2.05) is 11.8 Å². The molecule has 0 aromatic rings. The zero-order valence-corrected chi connectivity index (χ0v) is 11.3. The lowest BCUT2D eigenvalue weighted by molar-refractivity contribution is 0.238. The van der Waals surface area contributed by atoms with Crippen molar-refractivity contribution in [3.63, 3.8) is 0 Å². The zero-order valence-electron chi connectivity index (χ0n) is 9.66. The van der Waals surface area contributed by atoms with E-state index in [2.05, 4.69) is 17.6 Å². The van der Waals surface area contributed by atoms with Crippen LogP contribution in [0.5, 0.6) is 0 Å². The van der Waals surface area contributed by atoms with Crippen molar-refractivity contribution in [2.24, 2.45) is 0 Å². The molecule has 1 rings (SSSR count). The number of hydrogen-bond donors (Lipinski definition) is 2. The van der Waals surface area contributed by atoms with Crippen molar-refractivity contribution >= 4 is 28.6 Å². The Morgan fingerprint density at radius 3 is 3.00 bits per heavy atom. The summed E-state index contributed by atoms with van der Waals surface area (Å²) in [5.74, 6) is 3.54. The Morgan fingerprint density at radius 1 is 1.56 bits per heavy atom. The molecule has 2 atom stereocenters. The molecule has 2 N–H and O–H groups in total. The van der Waals surface area contributed by atoms with Crippen molar-refractivity contribution in [3.8, 4) is 0 Å². The normalized spacial score (nSPS) is 24.3. The standard InChI is InChI=1S/C10H20N2O2S2/c1-2-15-6-3-5-11-10(13)12-9-4-7-16(14)8-9/h9H,2-8H2,1H3,(H2,11,12,13)/t9-,16-/m0/s1. The SMILES string of the molecule is CCSCCCNC(=O)N[C@H]1CC[S@](=O)C1. The molecule has 1 fully saturated rings. The number of carbonyl (C=O) groups excluding carboxylic acids is 1. The first-order chi connectivity index (χ1) is 7.72. The average Bonchev–Trinajstić information content (AvgIpc) is 2.63. The van der Waals surface area contributed by atoms with Crippen LogP contribution in [-0.4, -0.2) is 45.8 Å². The number of rotatable bonds is 6. The smallest absolute Gasteiger partial charge is 0.315 e. The molecule has 0 aromatic carbocycles. The molecule has 0 spiro atoms. The minimum Gasteiger partial charge on any atom is -0.338 e. The van der Waals surface area contributed by atoms with Crippen molar-refractivity contribution in [2.75, 3.05) is 29.6 Å². The number of hydrogen-bond acceptors (Lipinski definition) is 3. The number of nitrogens with one attached hydrogen (secondary N) is 2. The van der Waals surface area contributed by atoms with Crippen molar-refractivity contribution in [2.45, 2.75) is 25.8 Å². The molecule has 94 valence electrons. The van der Waals surface area contributed by atoms with Gasteiger partial charge < -0.3 is 10.6 Å². The molecular weight excluding hydrogens is 244 g/mol. The third-order valence-electron chi connectivity index (χ3n) is 2.37. The summed E-state index contributed by atoms with van der Waals surface area (Å²) in [6.07, 6.45) is 1.84. The molecule has 4 nitrogen and oxygen atoms in total. The highest BCUT2D eigenvalue weighted by atomic mass is 32.2. The summed E-state index contributed by atoms with van der Waals surface area (Å²) >= 11 is 1.88. The Kier molecular flexibility index (Phi) is 6.87. The average molecular weight is 264 g/mol. The van der Waals surface area contributed by atoms with Crippen LogP contribution in [-0.2, 0) is 10.8 Å². The molecular formula is C10H20N2O2S2. The van der Waals surface area contributed by atoms with Gasteiger partial charge in [0.05, 0.1) is 0 Å². The Bertz CT molecular complexity index is 249. The van der Waals surface area contributed by atoms with Crippen LogP contribution in [0.1, 0.15) is 19.8 Å². The largest absolute Gasteiger partial charge is 0.338 e. The van der Waals surface area contributed by atoms with E-state index >= 15 is 0 Å². The van der Waals surface area contributed by atoms with E-state index in [-0.39, 0.29) is 12.1 Å². The lowest BCUT2D eigenvalue weighted by atomic mass is 10.3. The van der Waals surface area contributed by atoms with Gasteiger partial charge in [-0.25, -0.2) is 4.79 Å². The highest BCUT2D eigenvalue weighted by molar-refractivity contribution is 7.99. The molecule has 2 amide bonds. The van der Waals surface area contributed by atoms with E-state index in [9.17, 15) is 9.00 Å². The van der Waals surface area contributed by atoms with Crippen LogP contribution in [0.3, 0.4) is 0 Å². The molecule has 6 heteroatoms. The van der Waals surface area contributed by atoms with E-state index in [1.54, 1.807) is 0 Å². The van der Waals surface area contributed by atoms with E-state index in [0.717, 1.165) is 30.1 Å². The first-order valence-corrected chi connectivity index (χ1v) is 8.33. The molecule has 16 heavy (non-hydrogen) atoms. The molecule has 1 saturated heterocycles. The summed E-state index contributed by atoms with van der Waals surface area (Å²) in [7, 11) is -0.725. The Hall–Kier alpha value is -0.230. The van der Waals surface area contributed by atoms with E-state index in [1.165, 1.54) is 0 Å². The van der Waals surface area contributed by atoms with Crippen LogP contribution in [0.2, 0.25) is 0 Å². The van der Waals surface area contributed by atoms with E-state index in [0.29, 0.717) is 12.3 Å². The number of carbonyl (C=O) groups is 1. The fourth-order valence-corrected chi connectivity index (χ4v) is 3.59. The molecule has 1 aliphatic rings. The maximum atomic E-state index is 11.4. The predicted molar refractivity (Wildman–Crippen MR) is 70.4 cm³/mol. The monoisotopic (exact) mass is 264 g/mol. The summed E-state index contributed by atoms with van der Waals surface area (Å²) in [6.45, 7) is 2.85. The van der Waals surface area contributed by atoms with E-state index < -0.39 is 10.8 Å². The topological polar surface area (TPSA) is 58.2 Å². The Balaban J connectivity index is 2.00. The van der Waals surface area contributed by atoms with Crippen molar-refractivity contribution in [1.82, 2.24) is 10.6 Å².